The van der Waals surface area contributed by atoms with Gasteiger partial charge in [0.15, 0.2) is 5.82 Å². The number of hydrogen-bond acceptors (Lipinski definition) is 5. The molecule has 2 heterocycles. The molecule has 2 aromatic rings. The highest BCUT2D eigenvalue weighted by Gasteiger charge is 2.18. The zero-order valence-electron chi connectivity index (χ0n) is 12.3. The lowest BCUT2D eigenvalue weighted by molar-refractivity contribution is 0.0635. The summed E-state index contributed by atoms with van der Waals surface area (Å²) in [6, 6.07) is 4.67. The smallest absolute Gasteiger partial charge is 0.413 e. The van der Waals surface area contributed by atoms with Gasteiger partial charge in [0, 0.05) is 6.07 Å². The van der Waals surface area contributed by atoms with Gasteiger partial charge < -0.3 is 4.74 Å². The molecule has 112 valence electrons. The number of aromatic amines is 1. The van der Waals surface area contributed by atoms with Crippen LogP contribution in [0.2, 0.25) is 0 Å². The molecule has 0 saturated carbocycles. The van der Waals surface area contributed by atoms with Crippen molar-refractivity contribution in [3.05, 3.63) is 34.2 Å². The van der Waals surface area contributed by atoms with Crippen LogP contribution >= 0.6 is 0 Å². The third kappa shape index (κ3) is 3.91. The normalized spacial score (nSPS) is 11.2. The van der Waals surface area contributed by atoms with Crippen molar-refractivity contribution in [2.45, 2.75) is 33.3 Å². The molecule has 0 aliphatic carbocycles. The molecule has 0 bridgehead atoms. The van der Waals surface area contributed by atoms with E-state index in [-0.39, 0.29) is 11.4 Å². The van der Waals surface area contributed by atoms with Gasteiger partial charge in [-0.2, -0.15) is 5.10 Å². The van der Waals surface area contributed by atoms with Crippen LogP contribution in [0.1, 0.15) is 26.5 Å². The van der Waals surface area contributed by atoms with E-state index in [2.05, 4.69) is 20.6 Å². The van der Waals surface area contributed by atoms with E-state index in [0.717, 1.165) is 5.69 Å². The first-order valence-corrected chi connectivity index (χ1v) is 6.37. The first kappa shape index (κ1) is 14.8. The van der Waals surface area contributed by atoms with Crippen molar-refractivity contribution < 1.29 is 9.53 Å². The van der Waals surface area contributed by atoms with E-state index in [9.17, 15) is 9.59 Å². The topological polar surface area (TPSA) is 102 Å². The molecule has 2 rings (SSSR count). The van der Waals surface area contributed by atoms with Crippen LogP contribution in [0.25, 0.3) is 5.82 Å². The van der Waals surface area contributed by atoms with Crippen molar-refractivity contribution in [2.24, 2.45) is 0 Å². The van der Waals surface area contributed by atoms with Gasteiger partial charge >= 0.3 is 6.09 Å². The maximum Gasteiger partial charge on any atom is 0.413 e. The van der Waals surface area contributed by atoms with Crippen molar-refractivity contribution in [1.82, 2.24) is 20.0 Å². The molecule has 8 heteroatoms. The van der Waals surface area contributed by atoms with Crippen LogP contribution in [0.3, 0.4) is 0 Å². The molecule has 0 aliphatic rings. The second-order valence-corrected chi connectivity index (χ2v) is 5.50. The molecule has 0 fully saturated rings. The summed E-state index contributed by atoms with van der Waals surface area (Å²) in [4.78, 5) is 23.3. The van der Waals surface area contributed by atoms with Crippen molar-refractivity contribution >= 4 is 11.9 Å². The predicted octanol–water partition coefficient (Wildman–Crippen LogP) is 1.61. The molecule has 0 aromatic carbocycles. The van der Waals surface area contributed by atoms with Crippen LogP contribution in [-0.2, 0) is 4.74 Å². The minimum atomic E-state index is -0.657. The lowest BCUT2D eigenvalue weighted by Gasteiger charge is -2.19. The van der Waals surface area contributed by atoms with Gasteiger partial charge in [0.05, 0.1) is 5.69 Å². The average molecular weight is 291 g/mol. The maximum absolute atomic E-state index is 11.8. The summed E-state index contributed by atoms with van der Waals surface area (Å²) >= 11 is 0. The van der Waals surface area contributed by atoms with Crippen LogP contribution in [0, 0.1) is 6.92 Å². The summed E-state index contributed by atoms with van der Waals surface area (Å²) in [6.07, 6.45) is -0.657. The van der Waals surface area contributed by atoms with Gasteiger partial charge in [0.2, 0.25) is 0 Å². The number of amides is 1. The highest BCUT2D eigenvalue weighted by molar-refractivity contribution is 5.84. The van der Waals surface area contributed by atoms with Crippen LogP contribution in [0.15, 0.2) is 23.0 Å². The SMILES string of the molecule is Cc1ccc(-n2[nH]c(=O)cc2NC(=O)OC(C)(C)C)nn1. The number of ether oxygens (including phenoxy) is 1. The van der Waals surface area contributed by atoms with Gasteiger partial charge in [-0.15, -0.1) is 5.10 Å². The van der Waals surface area contributed by atoms with E-state index in [0.29, 0.717) is 5.82 Å². The number of nitrogens with one attached hydrogen (secondary N) is 2. The summed E-state index contributed by atoms with van der Waals surface area (Å²) in [5.41, 5.74) is -0.256. The zero-order valence-corrected chi connectivity index (χ0v) is 12.3. The quantitative estimate of drug-likeness (QED) is 0.875. The second-order valence-electron chi connectivity index (χ2n) is 5.50. The molecule has 0 radical (unpaired) electrons. The number of aromatic nitrogens is 4. The van der Waals surface area contributed by atoms with Gasteiger partial charge in [0.1, 0.15) is 11.4 Å². The first-order valence-electron chi connectivity index (χ1n) is 6.37. The Morgan fingerprint density at radius 2 is 2.05 bits per heavy atom. The Kier molecular flexibility index (Phi) is 3.79. The van der Waals surface area contributed by atoms with Gasteiger partial charge in [-0.1, -0.05) is 0 Å². The van der Waals surface area contributed by atoms with Gasteiger partial charge in [0.25, 0.3) is 5.56 Å². The molecule has 2 N–H and O–H groups in total. The Morgan fingerprint density at radius 1 is 1.33 bits per heavy atom. The van der Waals surface area contributed by atoms with Crippen molar-refractivity contribution in [2.75, 3.05) is 5.32 Å². The lowest BCUT2D eigenvalue weighted by atomic mass is 10.2. The summed E-state index contributed by atoms with van der Waals surface area (Å²) in [5.74, 6) is 0.612. The molecule has 21 heavy (non-hydrogen) atoms. The predicted molar refractivity (Wildman–Crippen MR) is 76.6 cm³/mol. The average Bonchev–Trinajstić information content (AvgIpc) is 2.68. The molecule has 0 atom stereocenters. The molecular weight excluding hydrogens is 274 g/mol. The monoisotopic (exact) mass is 291 g/mol. The fourth-order valence-corrected chi connectivity index (χ4v) is 1.58. The summed E-state index contributed by atoms with van der Waals surface area (Å²) in [5, 5.41) is 12.9. The minimum Gasteiger partial charge on any atom is -0.444 e. The Morgan fingerprint density at radius 3 is 2.62 bits per heavy atom. The summed E-state index contributed by atoms with van der Waals surface area (Å²) in [6.45, 7) is 7.06. The molecule has 0 aliphatic heterocycles. The molecule has 2 aromatic heterocycles. The summed E-state index contributed by atoms with van der Waals surface area (Å²) in [7, 11) is 0. The molecular formula is C13H17N5O3. The largest absolute Gasteiger partial charge is 0.444 e. The number of anilines is 1. The molecule has 0 saturated heterocycles. The van der Waals surface area contributed by atoms with Gasteiger partial charge in [-0.05, 0) is 39.8 Å². The Balaban J connectivity index is 2.27. The van der Waals surface area contributed by atoms with Gasteiger partial charge in [-0.3, -0.25) is 15.2 Å². The van der Waals surface area contributed by atoms with Crippen LogP contribution in [-0.4, -0.2) is 31.7 Å². The number of carbonyl (C=O) groups is 1. The summed E-state index contributed by atoms with van der Waals surface area (Å²) < 4.78 is 6.48. The fraction of sp³-hybridized carbons (Fsp3) is 0.385. The number of nitrogens with zero attached hydrogens (tertiary/aromatic N) is 3. The first-order chi connectivity index (χ1) is 9.74. The molecule has 0 unspecified atom stereocenters. The highest BCUT2D eigenvalue weighted by atomic mass is 16.6. The van der Waals surface area contributed by atoms with E-state index in [1.807, 2.05) is 0 Å². The lowest BCUT2D eigenvalue weighted by Crippen LogP contribution is -2.28. The number of hydrogen-bond donors (Lipinski definition) is 2. The van der Waals surface area contributed by atoms with E-state index < -0.39 is 11.7 Å². The standard InChI is InChI=1S/C13H17N5O3/c1-8-5-6-9(16-15-8)18-10(7-11(19)17-18)14-12(20)21-13(2,3)4/h5-7H,1-4H3,(H,14,20)(H,17,19). The van der Waals surface area contributed by atoms with E-state index in [1.54, 1.807) is 39.8 Å². The number of aryl methyl sites for hydroxylation is 1. The van der Waals surface area contributed by atoms with Crippen molar-refractivity contribution in [1.29, 1.82) is 0 Å². The van der Waals surface area contributed by atoms with Crippen LogP contribution < -0.4 is 10.9 Å². The number of carbonyl (C=O) groups excluding carboxylic acids is 1. The Hall–Kier alpha value is -2.64. The molecule has 8 nitrogen and oxygen atoms in total. The molecule has 0 spiro atoms. The van der Waals surface area contributed by atoms with Crippen molar-refractivity contribution in [3.8, 4) is 5.82 Å². The number of rotatable bonds is 2. The maximum atomic E-state index is 11.8. The van der Waals surface area contributed by atoms with Crippen LogP contribution in [0.4, 0.5) is 10.6 Å². The third-order valence-electron chi connectivity index (χ3n) is 2.37. The van der Waals surface area contributed by atoms with E-state index in [4.69, 9.17) is 4.74 Å². The Labute approximate surface area is 121 Å². The van der Waals surface area contributed by atoms with E-state index >= 15 is 0 Å². The fourth-order valence-electron chi connectivity index (χ4n) is 1.58. The van der Waals surface area contributed by atoms with E-state index in [1.165, 1.54) is 10.7 Å². The zero-order chi connectivity index (χ0) is 15.6. The minimum absolute atomic E-state index is 0.229. The third-order valence-corrected chi connectivity index (χ3v) is 2.37. The van der Waals surface area contributed by atoms with Crippen molar-refractivity contribution in [3.63, 3.8) is 0 Å². The van der Waals surface area contributed by atoms with Gasteiger partial charge in [-0.25, -0.2) is 9.48 Å². The number of H-pyrrole nitrogens is 1. The second kappa shape index (κ2) is 5.39. The highest BCUT2D eigenvalue weighted by Crippen LogP contribution is 2.13. The van der Waals surface area contributed by atoms with Crippen LogP contribution in [0.5, 0.6) is 0 Å². The molecule has 1 amide bonds. The Bertz CT molecular complexity index is 694.